The van der Waals surface area contributed by atoms with Gasteiger partial charge in [0.1, 0.15) is 19.3 Å². The Morgan fingerprint density at radius 2 is 1.65 bits per heavy atom. The Balaban J connectivity index is 1.88. The molecular weight excluding hydrogens is 517 g/mol. The topological polar surface area (TPSA) is 104 Å². The molecule has 0 aliphatic rings. The summed E-state index contributed by atoms with van der Waals surface area (Å²) in [6.07, 6.45) is -3.26. The van der Waals surface area contributed by atoms with Gasteiger partial charge in [0.05, 0.1) is 10.6 Å². The molecule has 1 amide bonds. The van der Waals surface area contributed by atoms with Crippen LogP contribution in [-0.4, -0.2) is 35.6 Å². The van der Waals surface area contributed by atoms with Crippen LogP contribution in [0.1, 0.15) is 41.4 Å². The van der Waals surface area contributed by atoms with Gasteiger partial charge >= 0.3 is 18.1 Å². The van der Waals surface area contributed by atoms with Gasteiger partial charge in [-0.1, -0.05) is 23.7 Å². The van der Waals surface area contributed by atoms with E-state index < -0.39 is 46.2 Å². The maximum absolute atomic E-state index is 13.2. The molecule has 0 unspecified atom stereocenters. The molecule has 1 heterocycles. The Labute approximate surface area is 213 Å². The van der Waals surface area contributed by atoms with Crippen LogP contribution in [-0.2, 0) is 31.8 Å². The number of nitrogens with one attached hydrogen (secondary N) is 1. The fourth-order valence-electron chi connectivity index (χ4n) is 3.59. The number of carbonyl (C=O) groups excluding carboxylic acids is 3. The van der Waals surface area contributed by atoms with E-state index in [1.807, 2.05) is 0 Å². The summed E-state index contributed by atoms with van der Waals surface area (Å²) in [5.74, 6) is -1.77. The first kappa shape index (κ1) is 27.7. The number of rotatable bonds is 8. The number of nitrogens with zero attached hydrogens (tertiary/aromatic N) is 1. The lowest BCUT2D eigenvalue weighted by molar-refractivity contribution is -0.145. The van der Waals surface area contributed by atoms with Crippen LogP contribution in [0.25, 0.3) is 10.8 Å². The zero-order chi connectivity index (χ0) is 27.3. The van der Waals surface area contributed by atoms with Crippen molar-refractivity contribution in [2.24, 2.45) is 0 Å². The van der Waals surface area contributed by atoms with Gasteiger partial charge in [-0.2, -0.15) is 13.2 Å². The van der Waals surface area contributed by atoms with Crippen molar-refractivity contribution in [1.29, 1.82) is 0 Å². The molecule has 12 heteroatoms. The molecule has 1 N–H and O–H groups in total. The van der Waals surface area contributed by atoms with Gasteiger partial charge in [-0.05, 0) is 35.9 Å². The summed E-state index contributed by atoms with van der Waals surface area (Å²) < 4.78 is 50.6. The van der Waals surface area contributed by atoms with Gasteiger partial charge < -0.3 is 19.4 Å². The Bertz CT molecular complexity index is 1390. The van der Waals surface area contributed by atoms with Crippen molar-refractivity contribution in [3.05, 3.63) is 80.7 Å². The summed E-state index contributed by atoms with van der Waals surface area (Å²) in [4.78, 5) is 48.6. The number of amides is 1. The van der Waals surface area contributed by atoms with Crippen LogP contribution >= 0.6 is 11.6 Å². The Morgan fingerprint density at radius 1 is 1.00 bits per heavy atom. The largest absolute Gasteiger partial charge is 0.464 e. The molecular formula is C25H22ClF3N2O6. The standard InChI is InChI=1S/C25H22ClF3N2O6/c1-14(32)36-12-17(13-37-15(2)33)31-9-8-18-19(4-3-5-20(18)24(31)35)23(34)30-11-16-6-7-22(26)21(10-16)25(27,28)29/h3-10,17H,11-13H2,1-2H3,(H,30,34). The smallest absolute Gasteiger partial charge is 0.417 e. The average Bonchev–Trinajstić information content (AvgIpc) is 2.83. The lowest BCUT2D eigenvalue weighted by Crippen LogP contribution is -2.32. The quantitative estimate of drug-likeness (QED) is 0.430. The molecule has 2 aromatic carbocycles. The van der Waals surface area contributed by atoms with E-state index in [0.29, 0.717) is 5.39 Å². The second kappa shape index (κ2) is 11.5. The van der Waals surface area contributed by atoms with E-state index in [1.54, 1.807) is 0 Å². The number of benzene rings is 2. The summed E-state index contributed by atoms with van der Waals surface area (Å²) in [5.41, 5.74) is -1.22. The first-order valence-electron chi connectivity index (χ1n) is 10.9. The molecule has 37 heavy (non-hydrogen) atoms. The molecule has 0 atom stereocenters. The number of aromatic nitrogens is 1. The highest BCUT2D eigenvalue weighted by Crippen LogP contribution is 2.35. The van der Waals surface area contributed by atoms with Gasteiger partial charge in [-0.15, -0.1) is 0 Å². The fraction of sp³-hybridized carbons (Fsp3) is 0.280. The average molecular weight is 539 g/mol. The first-order valence-corrected chi connectivity index (χ1v) is 11.3. The third-order valence-electron chi connectivity index (χ3n) is 5.36. The predicted molar refractivity (Wildman–Crippen MR) is 128 cm³/mol. The van der Waals surface area contributed by atoms with Crippen LogP contribution in [0.2, 0.25) is 5.02 Å². The van der Waals surface area contributed by atoms with E-state index in [1.165, 1.54) is 54.9 Å². The van der Waals surface area contributed by atoms with Crippen LogP contribution in [0.15, 0.2) is 53.5 Å². The predicted octanol–water partition coefficient (Wildman–Crippen LogP) is 4.27. The molecule has 0 spiro atoms. The number of fused-ring (bicyclic) bond motifs is 1. The molecule has 196 valence electrons. The number of esters is 2. The molecule has 3 rings (SSSR count). The van der Waals surface area contributed by atoms with Crippen molar-refractivity contribution >= 4 is 40.2 Å². The minimum Gasteiger partial charge on any atom is -0.464 e. The molecule has 0 fully saturated rings. The minimum absolute atomic E-state index is 0.128. The van der Waals surface area contributed by atoms with E-state index in [4.69, 9.17) is 21.1 Å². The van der Waals surface area contributed by atoms with Gasteiger partial charge in [-0.25, -0.2) is 0 Å². The lowest BCUT2D eigenvalue weighted by atomic mass is 10.0. The van der Waals surface area contributed by atoms with Crippen molar-refractivity contribution in [2.75, 3.05) is 13.2 Å². The first-order chi connectivity index (χ1) is 17.4. The van der Waals surface area contributed by atoms with Crippen molar-refractivity contribution < 1.29 is 37.0 Å². The van der Waals surface area contributed by atoms with Crippen LogP contribution in [0.5, 0.6) is 0 Å². The summed E-state index contributed by atoms with van der Waals surface area (Å²) in [6, 6.07) is 8.48. The SMILES string of the molecule is CC(=O)OCC(COC(C)=O)n1ccc2c(C(=O)NCc3ccc(Cl)c(C(F)(F)F)c3)cccc2c1=O. The van der Waals surface area contributed by atoms with E-state index in [2.05, 4.69) is 5.32 Å². The molecule has 0 aliphatic carbocycles. The van der Waals surface area contributed by atoms with Crippen molar-refractivity contribution in [2.45, 2.75) is 32.6 Å². The van der Waals surface area contributed by atoms with Crippen molar-refractivity contribution in [3.63, 3.8) is 0 Å². The number of halogens is 4. The Hall–Kier alpha value is -3.86. The zero-order valence-corrected chi connectivity index (χ0v) is 20.5. The maximum atomic E-state index is 13.2. The normalized spacial score (nSPS) is 11.4. The van der Waals surface area contributed by atoms with Crippen LogP contribution in [0, 0.1) is 0 Å². The lowest BCUT2D eigenvalue weighted by Gasteiger charge is -2.20. The second-order valence-corrected chi connectivity index (χ2v) is 8.46. The fourth-order valence-corrected chi connectivity index (χ4v) is 3.82. The number of alkyl halides is 3. The van der Waals surface area contributed by atoms with E-state index in [-0.39, 0.29) is 36.3 Å². The van der Waals surface area contributed by atoms with E-state index in [9.17, 15) is 32.3 Å². The molecule has 0 radical (unpaired) electrons. The van der Waals surface area contributed by atoms with Gasteiger partial charge in [0.2, 0.25) is 0 Å². The van der Waals surface area contributed by atoms with E-state index in [0.717, 1.165) is 12.1 Å². The number of hydrogen-bond donors (Lipinski definition) is 1. The van der Waals surface area contributed by atoms with E-state index >= 15 is 0 Å². The van der Waals surface area contributed by atoms with Gasteiger partial charge in [-0.3, -0.25) is 19.2 Å². The highest BCUT2D eigenvalue weighted by atomic mass is 35.5. The van der Waals surface area contributed by atoms with Crippen LogP contribution in [0.4, 0.5) is 13.2 Å². The van der Waals surface area contributed by atoms with Gasteiger partial charge in [0, 0.05) is 42.9 Å². The molecule has 8 nitrogen and oxygen atoms in total. The number of pyridine rings is 1. The Morgan fingerprint density at radius 3 is 2.24 bits per heavy atom. The molecule has 0 aliphatic heterocycles. The molecule has 3 aromatic rings. The molecule has 0 saturated heterocycles. The highest BCUT2D eigenvalue weighted by molar-refractivity contribution is 6.31. The molecule has 1 aromatic heterocycles. The summed E-state index contributed by atoms with van der Waals surface area (Å²) in [6.45, 7) is 1.74. The number of carbonyl (C=O) groups is 3. The molecule has 0 saturated carbocycles. The summed E-state index contributed by atoms with van der Waals surface area (Å²) in [5, 5.41) is 2.57. The Kier molecular flexibility index (Phi) is 8.59. The number of hydrogen-bond acceptors (Lipinski definition) is 6. The summed E-state index contributed by atoms with van der Waals surface area (Å²) >= 11 is 5.64. The van der Waals surface area contributed by atoms with Crippen LogP contribution in [0.3, 0.4) is 0 Å². The van der Waals surface area contributed by atoms with Crippen molar-refractivity contribution in [3.8, 4) is 0 Å². The number of ether oxygens (including phenoxy) is 2. The second-order valence-electron chi connectivity index (χ2n) is 8.05. The van der Waals surface area contributed by atoms with Gasteiger partial charge in [0.15, 0.2) is 0 Å². The third-order valence-corrected chi connectivity index (χ3v) is 5.69. The monoisotopic (exact) mass is 538 g/mol. The minimum atomic E-state index is -4.64. The molecule has 0 bridgehead atoms. The van der Waals surface area contributed by atoms with Crippen LogP contribution < -0.4 is 10.9 Å². The maximum Gasteiger partial charge on any atom is 0.417 e. The highest BCUT2D eigenvalue weighted by Gasteiger charge is 2.33. The van der Waals surface area contributed by atoms with Crippen molar-refractivity contribution in [1.82, 2.24) is 9.88 Å². The third kappa shape index (κ3) is 6.88. The van der Waals surface area contributed by atoms with Gasteiger partial charge in [0.25, 0.3) is 11.5 Å². The summed E-state index contributed by atoms with van der Waals surface area (Å²) in [7, 11) is 0. The zero-order valence-electron chi connectivity index (χ0n) is 19.7.